The van der Waals surface area contributed by atoms with E-state index in [1.54, 1.807) is 0 Å². The SMILES string of the molecule is Cc1ccc2c(c1)[Si]1(c3cc(C)ccc3-2)c2cc(N3c4ccccc4C4(c5ccccc5-c5ccccc54)c4ccccc43)ccc2-c2cc3ccccc3cc21. The number of aryl methyl sites for hydroxylation is 2. The average Bonchev–Trinajstić information content (AvgIpc) is 3.82. The minimum absolute atomic E-state index is 0.432. The molecule has 0 unspecified atom stereocenters. The van der Waals surface area contributed by atoms with Gasteiger partial charge in [0, 0.05) is 5.69 Å². The summed E-state index contributed by atoms with van der Waals surface area (Å²) in [4.78, 5) is 2.57. The fraction of sp³-hybridized carbons (Fsp3) is 0.0545. The maximum Gasteiger partial charge on any atom is 0.182 e. The molecule has 0 aromatic heterocycles. The standard InChI is InChI=1S/C55H37NSi/c1-34-23-26-41-42-27-24-35(2)30-52(42)57(51(41)29-34)53-32-37-14-4-3-13-36(37)31-44(53)43-28-25-38(33-54(43)57)56-49-21-11-9-19-47(49)55(48-20-10-12-22-50(48)56)45-17-7-5-15-39(45)40-16-6-8-18-46(40)55/h3-33H,1-2H3. The third kappa shape index (κ3) is 3.75. The Kier molecular flexibility index (Phi) is 6.05. The van der Waals surface area contributed by atoms with E-state index in [0.29, 0.717) is 0 Å². The zero-order chi connectivity index (χ0) is 37.6. The molecule has 2 heteroatoms. The second-order valence-electron chi connectivity index (χ2n) is 16.5. The normalized spacial score (nSPS) is 15.1. The van der Waals surface area contributed by atoms with E-state index in [0.717, 1.165) is 0 Å². The predicted octanol–water partition coefficient (Wildman–Crippen LogP) is 10.9. The van der Waals surface area contributed by atoms with Gasteiger partial charge in [-0.2, -0.15) is 0 Å². The van der Waals surface area contributed by atoms with Crippen LogP contribution < -0.4 is 25.6 Å². The van der Waals surface area contributed by atoms with Gasteiger partial charge in [-0.15, -0.1) is 0 Å². The molecular formula is C55H37NSi. The zero-order valence-electron chi connectivity index (χ0n) is 31.8. The first kappa shape index (κ1) is 31.5. The van der Waals surface area contributed by atoms with E-state index in [1.807, 2.05) is 0 Å². The van der Waals surface area contributed by atoms with E-state index in [-0.39, 0.29) is 0 Å². The molecule has 266 valence electrons. The van der Waals surface area contributed by atoms with Crippen LogP contribution in [-0.4, -0.2) is 8.07 Å². The van der Waals surface area contributed by atoms with Gasteiger partial charge in [0.25, 0.3) is 0 Å². The predicted molar refractivity (Wildman–Crippen MR) is 241 cm³/mol. The van der Waals surface area contributed by atoms with Crippen LogP contribution >= 0.6 is 0 Å². The van der Waals surface area contributed by atoms with E-state index < -0.39 is 13.5 Å². The van der Waals surface area contributed by atoms with Gasteiger partial charge in [0.1, 0.15) is 0 Å². The summed E-state index contributed by atoms with van der Waals surface area (Å²) >= 11 is 0. The molecule has 0 saturated carbocycles. The first-order valence-electron chi connectivity index (χ1n) is 20.2. The Labute approximate surface area is 334 Å². The summed E-state index contributed by atoms with van der Waals surface area (Å²) in [5, 5.41) is 8.66. The third-order valence-corrected chi connectivity index (χ3v) is 18.6. The Bertz CT molecular complexity index is 3100. The minimum atomic E-state index is -2.76. The van der Waals surface area contributed by atoms with Gasteiger partial charge in [0.15, 0.2) is 8.07 Å². The number of para-hydroxylation sites is 2. The number of hydrogen-bond donors (Lipinski definition) is 0. The van der Waals surface area contributed by atoms with Crippen molar-refractivity contribution in [1.82, 2.24) is 0 Å². The van der Waals surface area contributed by atoms with Crippen LogP contribution in [0.25, 0.3) is 44.2 Å². The van der Waals surface area contributed by atoms with Crippen LogP contribution in [0.15, 0.2) is 188 Å². The number of hydrogen-bond acceptors (Lipinski definition) is 1. The van der Waals surface area contributed by atoms with Crippen LogP contribution in [0.5, 0.6) is 0 Å². The number of rotatable bonds is 1. The fourth-order valence-corrected chi connectivity index (χ4v) is 17.4. The number of anilines is 3. The first-order valence-corrected chi connectivity index (χ1v) is 22.2. The lowest BCUT2D eigenvalue weighted by Crippen LogP contribution is -2.70. The molecule has 9 aromatic carbocycles. The van der Waals surface area contributed by atoms with Gasteiger partial charge in [-0.05, 0) is 131 Å². The van der Waals surface area contributed by atoms with Crippen molar-refractivity contribution >= 4 is 56.7 Å². The number of fused-ring (bicyclic) bond motifs is 20. The highest BCUT2D eigenvalue weighted by molar-refractivity contribution is 7.24. The van der Waals surface area contributed by atoms with Crippen molar-refractivity contribution in [2.45, 2.75) is 19.3 Å². The van der Waals surface area contributed by atoms with E-state index in [9.17, 15) is 0 Å². The van der Waals surface area contributed by atoms with Crippen molar-refractivity contribution in [2.24, 2.45) is 0 Å². The zero-order valence-corrected chi connectivity index (χ0v) is 32.8. The molecule has 0 saturated heterocycles. The van der Waals surface area contributed by atoms with Crippen molar-refractivity contribution in [1.29, 1.82) is 0 Å². The second-order valence-corrected chi connectivity index (χ2v) is 20.2. The molecule has 13 rings (SSSR count). The van der Waals surface area contributed by atoms with Gasteiger partial charge in [-0.25, -0.2) is 0 Å². The molecular weight excluding hydrogens is 703 g/mol. The smallest absolute Gasteiger partial charge is 0.182 e. The van der Waals surface area contributed by atoms with Crippen LogP contribution in [0.2, 0.25) is 0 Å². The Hall–Kier alpha value is -6.74. The first-order chi connectivity index (χ1) is 28.1. The molecule has 3 heterocycles. The Balaban J connectivity index is 1.13. The summed E-state index contributed by atoms with van der Waals surface area (Å²) in [5.41, 5.74) is 19.5. The van der Waals surface area contributed by atoms with Gasteiger partial charge < -0.3 is 4.90 Å². The topological polar surface area (TPSA) is 3.24 Å². The molecule has 0 amide bonds. The van der Waals surface area contributed by atoms with Crippen molar-refractivity contribution in [3.05, 3.63) is 221 Å². The number of benzene rings is 9. The lowest BCUT2D eigenvalue weighted by atomic mass is 9.64. The monoisotopic (exact) mass is 739 g/mol. The molecule has 2 spiro atoms. The molecule has 0 bridgehead atoms. The molecule has 0 N–H and O–H groups in total. The molecule has 3 aliphatic heterocycles. The Morgan fingerprint density at radius 2 is 0.789 bits per heavy atom. The molecule has 1 nitrogen and oxygen atoms in total. The lowest BCUT2D eigenvalue weighted by Gasteiger charge is -2.45. The molecule has 9 aromatic rings. The van der Waals surface area contributed by atoms with Gasteiger partial charge >= 0.3 is 0 Å². The Morgan fingerprint density at radius 3 is 1.39 bits per heavy atom. The van der Waals surface area contributed by atoms with E-state index in [1.165, 1.54) is 115 Å². The molecule has 57 heavy (non-hydrogen) atoms. The van der Waals surface area contributed by atoms with Crippen LogP contribution in [0.3, 0.4) is 0 Å². The van der Waals surface area contributed by atoms with Crippen molar-refractivity contribution in [3.63, 3.8) is 0 Å². The van der Waals surface area contributed by atoms with Crippen LogP contribution in [0.1, 0.15) is 33.4 Å². The van der Waals surface area contributed by atoms with Gasteiger partial charge in [-0.1, -0.05) is 169 Å². The van der Waals surface area contributed by atoms with E-state index in [4.69, 9.17) is 0 Å². The fourth-order valence-electron chi connectivity index (χ4n) is 11.6. The van der Waals surface area contributed by atoms with Crippen molar-refractivity contribution in [3.8, 4) is 33.4 Å². The molecule has 0 atom stereocenters. The summed E-state index contributed by atoms with van der Waals surface area (Å²) in [5.74, 6) is 0. The summed E-state index contributed by atoms with van der Waals surface area (Å²) < 4.78 is 0. The Morgan fingerprint density at radius 1 is 0.351 bits per heavy atom. The van der Waals surface area contributed by atoms with Gasteiger partial charge in [0.05, 0.1) is 16.8 Å². The third-order valence-electron chi connectivity index (χ3n) is 13.7. The molecule has 1 aliphatic carbocycles. The van der Waals surface area contributed by atoms with E-state index in [2.05, 4.69) is 207 Å². The molecule has 0 radical (unpaired) electrons. The maximum absolute atomic E-state index is 2.76. The largest absolute Gasteiger partial charge is 0.310 e. The van der Waals surface area contributed by atoms with Crippen molar-refractivity contribution in [2.75, 3.05) is 4.90 Å². The summed E-state index contributed by atoms with van der Waals surface area (Å²) in [6, 6.07) is 72.5. The highest BCUT2D eigenvalue weighted by Gasteiger charge is 2.55. The van der Waals surface area contributed by atoms with Crippen LogP contribution in [-0.2, 0) is 5.41 Å². The van der Waals surface area contributed by atoms with Gasteiger partial charge in [-0.3, -0.25) is 0 Å². The number of nitrogens with zero attached hydrogens (tertiary/aromatic N) is 1. The quantitative estimate of drug-likeness (QED) is 0.152. The highest BCUT2D eigenvalue weighted by Crippen LogP contribution is 2.63. The average molecular weight is 740 g/mol. The summed E-state index contributed by atoms with van der Waals surface area (Å²) in [6.45, 7) is 4.53. The van der Waals surface area contributed by atoms with E-state index >= 15 is 0 Å². The highest BCUT2D eigenvalue weighted by atomic mass is 28.3. The summed E-state index contributed by atoms with van der Waals surface area (Å²) in [6.07, 6.45) is 0. The van der Waals surface area contributed by atoms with Gasteiger partial charge in [0.2, 0.25) is 0 Å². The minimum Gasteiger partial charge on any atom is -0.310 e. The molecule has 4 aliphatic rings. The van der Waals surface area contributed by atoms with Crippen LogP contribution in [0.4, 0.5) is 17.1 Å². The van der Waals surface area contributed by atoms with Crippen LogP contribution in [0, 0.1) is 13.8 Å². The van der Waals surface area contributed by atoms with Crippen molar-refractivity contribution < 1.29 is 0 Å². The maximum atomic E-state index is 2.61. The molecule has 0 fully saturated rings. The lowest BCUT2D eigenvalue weighted by molar-refractivity contribution is 0.752. The summed E-state index contributed by atoms with van der Waals surface area (Å²) in [7, 11) is -2.76. The second kappa shape index (κ2) is 11.0.